The van der Waals surface area contributed by atoms with Crippen molar-refractivity contribution in [3.05, 3.63) is 175 Å². The number of nitrogens with zero attached hydrogens (tertiary/aromatic N) is 3. The summed E-state index contributed by atoms with van der Waals surface area (Å²) in [5, 5.41) is 4.83. The predicted molar refractivity (Wildman–Crippen MR) is 195 cm³/mol. The third-order valence-corrected chi connectivity index (χ3v) is 8.87. The van der Waals surface area contributed by atoms with E-state index in [1.165, 1.54) is 49.4 Å². The van der Waals surface area contributed by atoms with E-state index in [1.54, 1.807) is 6.20 Å². The van der Waals surface area contributed by atoms with Gasteiger partial charge in [0.15, 0.2) is 0 Å². The molecule has 0 aliphatic heterocycles. The molecule has 2 heterocycles. The molecule has 0 N–H and O–H groups in total. The Morgan fingerprint density at radius 2 is 0.894 bits per heavy atom. The van der Waals surface area contributed by atoms with Crippen LogP contribution in [0.2, 0.25) is 0 Å². The summed E-state index contributed by atoms with van der Waals surface area (Å²) in [5.41, 5.74) is 13.1. The molecule has 0 aliphatic rings. The fourth-order valence-electron chi connectivity index (χ4n) is 6.63. The van der Waals surface area contributed by atoms with E-state index < -0.39 is 0 Å². The monoisotopic (exact) mass is 599 g/mol. The highest BCUT2D eigenvalue weighted by Crippen LogP contribution is 2.45. The number of hydrogen-bond donors (Lipinski definition) is 0. The van der Waals surface area contributed by atoms with Gasteiger partial charge in [-0.1, -0.05) is 115 Å². The van der Waals surface area contributed by atoms with Gasteiger partial charge >= 0.3 is 0 Å². The van der Waals surface area contributed by atoms with Crippen molar-refractivity contribution in [2.24, 2.45) is 0 Å². The Morgan fingerprint density at radius 1 is 0.404 bits per heavy atom. The number of fused-ring (bicyclic) bond motifs is 2. The number of aromatic nitrogens is 2. The molecule has 8 rings (SSSR count). The Labute approximate surface area is 274 Å². The Bertz CT molecular complexity index is 2450. The Kier molecular flexibility index (Phi) is 7.09. The maximum Gasteiger partial charge on any atom is 0.205 e. The van der Waals surface area contributed by atoms with Crippen molar-refractivity contribution < 1.29 is 0 Å². The molecule has 0 spiro atoms. The smallest absolute Gasteiger partial charge is 0.205 e. The van der Waals surface area contributed by atoms with Gasteiger partial charge < -0.3 is 0 Å². The van der Waals surface area contributed by atoms with E-state index in [2.05, 4.69) is 149 Å². The van der Waals surface area contributed by atoms with Gasteiger partial charge in [0.1, 0.15) is 0 Å². The van der Waals surface area contributed by atoms with Crippen LogP contribution in [-0.2, 0) is 0 Å². The molecule has 3 nitrogen and oxygen atoms in total. The molecule has 0 saturated heterocycles. The molecule has 0 amide bonds. The van der Waals surface area contributed by atoms with Crippen LogP contribution < -0.4 is 0 Å². The molecule has 6 aromatic carbocycles. The molecule has 0 fully saturated rings. The van der Waals surface area contributed by atoms with Crippen molar-refractivity contribution in [3.63, 3.8) is 0 Å². The van der Waals surface area contributed by atoms with Gasteiger partial charge in [0.05, 0.1) is 6.57 Å². The lowest BCUT2D eigenvalue weighted by molar-refractivity contribution is 1.27. The highest BCUT2D eigenvalue weighted by molar-refractivity contribution is 6.22. The minimum atomic E-state index is 0.539. The number of hydrogen-bond acceptors (Lipinski definition) is 2. The van der Waals surface area contributed by atoms with E-state index in [1.807, 2.05) is 24.7 Å². The second kappa shape index (κ2) is 11.9. The van der Waals surface area contributed by atoms with Gasteiger partial charge in [-0.05, 0) is 102 Å². The van der Waals surface area contributed by atoms with Crippen molar-refractivity contribution in [1.29, 1.82) is 0 Å². The van der Waals surface area contributed by atoms with Gasteiger partial charge in [-0.15, -0.1) is 0 Å². The van der Waals surface area contributed by atoms with E-state index in [0.29, 0.717) is 5.69 Å². The largest absolute Gasteiger partial charge is 0.276 e. The van der Waals surface area contributed by atoms with Crippen LogP contribution in [0.3, 0.4) is 0 Å². The molecule has 0 bridgehead atoms. The molecule has 0 aliphatic carbocycles. The average Bonchev–Trinajstić information content (AvgIpc) is 3.14. The number of aryl methyl sites for hydroxylation is 1. The van der Waals surface area contributed by atoms with E-state index in [-0.39, 0.29) is 0 Å². The predicted octanol–water partition coefficient (Wildman–Crippen LogP) is 12.0. The van der Waals surface area contributed by atoms with Crippen LogP contribution in [-0.4, -0.2) is 9.97 Å². The molecule has 47 heavy (non-hydrogen) atoms. The number of rotatable bonds is 5. The SMILES string of the molecule is [C-]#[N+]c1cncc(-c2ccc(-c3c4ccccc4c(-c4ccc(-c5cncc(C)c5)cc4)c4cc(-c5ccccc5)ccc34)cc2)c1. The standard InChI is InChI=1S/C44H29N3/c1-29-22-36(26-46-25-29)31-12-18-34(19-13-31)44-40-11-7-6-10-39(40)43(41-21-20-35(24-42(41)44)30-8-4-3-5-9-30)33-16-14-32(15-17-33)37-23-38(45-2)28-47-27-37/h3-28H,1H3. The van der Waals surface area contributed by atoms with Crippen LogP contribution in [0, 0.1) is 13.5 Å². The molecule has 8 aromatic rings. The maximum atomic E-state index is 7.39. The van der Waals surface area contributed by atoms with Gasteiger partial charge in [0, 0.05) is 30.4 Å². The summed E-state index contributed by atoms with van der Waals surface area (Å²) in [5.74, 6) is 0. The highest BCUT2D eigenvalue weighted by atomic mass is 14.7. The fourth-order valence-corrected chi connectivity index (χ4v) is 6.63. The summed E-state index contributed by atoms with van der Waals surface area (Å²) >= 11 is 0. The van der Waals surface area contributed by atoms with Gasteiger partial charge in [0.25, 0.3) is 0 Å². The van der Waals surface area contributed by atoms with E-state index in [9.17, 15) is 0 Å². The Balaban J connectivity index is 1.35. The van der Waals surface area contributed by atoms with Gasteiger partial charge in [-0.3, -0.25) is 9.97 Å². The molecule has 0 unspecified atom stereocenters. The molecular formula is C44H29N3. The molecule has 2 aromatic heterocycles. The Morgan fingerprint density at radius 3 is 1.51 bits per heavy atom. The molecule has 0 radical (unpaired) electrons. The summed E-state index contributed by atoms with van der Waals surface area (Å²) in [4.78, 5) is 12.3. The lowest BCUT2D eigenvalue weighted by Crippen LogP contribution is -1.92. The summed E-state index contributed by atoms with van der Waals surface area (Å²) in [6.07, 6.45) is 7.23. The number of pyridine rings is 2. The Hall–Kier alpha value is -6.37. The van der Waals surface area contributed by atoms with Crippen molar-refractivity contribution in [2.75, 3.05) is 0 Å². The zero-order chi connectivity index (χ0) is 31.7. The first-order valence-corrected chi connectivity index (χ1v) is 15.7. The summed E-state index contributed by atoms with van der Waals surface area (Å²) < 4.78 is 0. The van der Waals surface area contributed by atoms with E-state index in [4.69, 9.17) is 6.57 Å². The zero-order valence-corrected chi connectivity index (χ0v) is 25.9. The third-order valence-electron chi connectivity index (χ3n) is 8.87. The van der Waals surface area contributed by atoms with Crippen molar-refractivity contribution >= 4 is 27.2 Å². The van der Waals surface area contributed by atoms with Crippen LogP contribution in [0.1, 0.15) is 5.56 Å². The van der Waals surface area contributed by atoms with Crippen LogP contribution in [0.25, 0.3) is 82.0 Å². The molecule has 220 valence electrons. The fraction of sp³-hybridized carbons (Fsp3) is 0.0227. The normalized spacial score (nSPS) is 11.1. The van der Waals surface area contributed by atoms with Crippen molar-refractivity contribution in [1.82, 2.24) is 9.97 Å². The first kappa shape index (κ1) is 28.1. The van der Waals surface area contributed by atoms with Gasteiger partial charge in [-0.25, -0.2) is 4.85 Å². The summed E-state index contributed by atoms with van der Waals surface area (Å²) in [6, 6.07) is 47.8. The van der Waals surface area contributed by atoms with Crippen LogP contribution in [0.4, 0.5) is 5.69 Å². The summed E-state index contributed by atoms with van der Waals surface area (Å²) in [6.45, 7) is 9.47. The molecule has 3 heteroatoms. The topological polar surface area (TPSA) is 30.1 Å². The first-order valence-electron chi connectivity index (χ1n) is 15.7. The minimum Gasteiger partial charge on any atom is -0.276 e. The number of benzene rings is 6. The lowest BCUT2D eigenvalue weighted by atomic mass is 9.84. The second-order valence-electron chi connectivity index (χ2n) is 11.9. The van der Waals surface area contributed by atoms with Gasteiger partial charge in [0.2, 0.25) is 5.69 Å². The third kappa shape index (κ3) is 5.23. The van der Waals surface area contributed by atoms with Crippen molar-refractivity contribution in [3.8, 4) is 55.6 Å². The van der Waals surface area contributed by atoms with Crippen LogP contribution >= 0.6 is 0 Å². The zero-order valence-electron chi connectivity index (χ0n) is 25.9. The molecular weight excluding hydrogens is 571 g/mol. The van der Waals surface area contributed by atoms with Crippen LogP contribution in [0.15, 0.2) is 158 Å². The average molecular weight is 600 g/mol. The van der Waals surface area contributed by atoms with E-state index in [0.717, 1.165) is 33.4 Å². The van der Waals surface area contributed by atoms with Crippen molar-refractivity contribution in [2.45, 2.75) is 6.92 Å². The quantitative estimate of drug-likeness (QED) is 0.145. The van der Waals surface area contributed by atoms with E-state index >= 15 is 0 Å². The van der Waals surface area contributed by atoms with Gasteiger partial charge in [-0.2, -0.15) is 0 Å². The molecule has 0 saturated carbocycles. The van der Waals surface area contributed by atoms with Crippen LogP contribution in [0.5, 0.6) is 0 Å². The highest BCUT2D eigenvalue weighted by Gasteiger charge is 2.18. The minimum absolute atomic E-state index is 0.539. The first-order chi connectivity index (χ1) is 23.2. The second-order valence-corrected chi connectivity index (χ2v) is 11.9. The lowest BCUT2D eigenvalue weighted by Gasteiger charge is -2.19. The summed E-state index contributed by atoms with van der Waals surface area (Å²) in [7, 11) is 0. The molecule has 0 atom stereocenters. The maximum absolute atomic E-state index is 7.39.